The Morgan fingerprint density at radius 2 is 2.05 bits per heavy atom. The molecule has 110 valence electrons. The van der Waals surface area contributed by atoms with Crippen LogP contribution in [0.1, 0.15) is 49.7 Å². The standard InChI is InChI=1S/C18H28N2/c1-13-5-3-8-16(9-13)17-10-18(19)12-20(11-17)14(2)15-6-4-7-15/h3,5,8-9,14-15,17-18H,4,6-7,10-12,19H2,1-2H3. The smallest absolute Gasteiger partial charge is 0.0174 e. The monoisotopic (exact) mass is 272 g/mol. The van der Waals surface area contributed by atoms with Crippen molar-refractivity contribution in [1.82, 2.24) is 4.90 Å². The molecule has 2 N–H and O–H groups in total. The highest BCUT2D eigenvalue weighted by molar-refractivity contribution is 5.26. The molecular weight excluding hydrogens is 244 g/mol. The highest BCUT2D eigenvalue weighted by Gasteiger charge is 2.34. The van der Waals surface area contributed by atoms with Gasteiger partial charge in [-0.2, -0.15) is 0 Å². The van der Waals surface area contributed by atoms with E-state index in [1.807, 2.05) is 0 Å². The first-order chi connectivity index (χ1) is 9.63. The summed E-state index contributed by atoms with van der Waals surface area (Å²) in [7, 11) is 0. The van der Waals surface area contributed by atoms with Crippen LogP contribution in [0.2, 0.25) is 0 Å². The maximum atomic E-state index is 6.35. The second-order valence-corrected chi connectivity index (χ2v) is 6.99. The number of rotatable bonds is 3. The Morgan fingerprint density at radius 1 is 1.25 bits per heavy atom. The third kappa shape index (κ3) is 2.91. The largest absolute Gasteiger partial charge is 0.327 e. The average molecular weight is 272 g/mol. The van der Waals surface area contributed by atoms with Crippen molar-refractivity contribution in [2.24, 2.45) is 11.7 Å². The van der Waals surface area contributed by atoms with E-state index in [1.165, 1.54) is 36.9 Å². The van der Waals surface area contributed by atoms with E-state index in [0.717, 1.165) is 18.9 Å². The lowest BCUT2D eigenvalue weighted by molar-refractivity contribution is 0.0738. The van der Waals surface area contributed by atoms with Gasteiger partial charge in [0, 0.05) is 25.2 Å². The first kappa shape index (κ1) is 14.1. The summed E-state index contributed by atoms with van der Waals surface area (Å²) in [6.45, 7) is 6.87. The predicted octanol–water partition coefficient (Wildman–Crippen LogP) is 3.30. The molecular formula is C18H28N2. The van der Waals surface area contributed by atoms with Crippen LogP contribution in [0.5, 0.6) is 0 Å². The van der Waals surface area contributed by atoms with Gasteiger partial charge in [-0.25, -0.2) is 0 Å². The fourth-order valence-corrected chi connectivity index (χ4v) is 3.89. The summed E-state index contributed by atoms with van der Waals surface area (Å²) in [6, 6.07) is 10.0. The van der Waals surface area contributed by atoms with E-state index in [0.29, 0.717) is 18.0 Å². The van der Waals surface area contributed by atoms with Crippen LogP contribution in [-0.4, -0.2) is 30.1 Å². The molecule has 1 aromatic rings. The van der Waals surface area contributed by atoms with Gasteiger partial charge in [-0.1, -0.05) is 36.2 Å². The molecule has 0 bridgehead atoms. The Labute approximate surface area is 123 Å². The fourth-order valence-electron chi connectivity index (χ4n) is 3.89. The number of aryl methyl sites for hydroxylation is 1. The molecule has 1 saturated heterocycles. The van der Waals surface area contributed by atoms with Crippen molar-refractivity contribution in [2.45, 2.75) is 57.5 Å². The van der Waals surface area contributed by atoms with Crippen molar-refractivity contribution in [1.29, 1.82) is 0 Å². The molecule has 0 aromatic heterocycles. The highest BCUT2D eigenvalue weighted by atomic mass is 15.2. The number of nitrogens with two attached hydrogens (primary N) is 1. The van der Waals surface area contributed by atoms with Crippen LogP contribution in [0.3, 0.4) is 0 Å². The SMILES string of the molecule is Cc1cccc(C2CC(N)CN(C(C)C3CCC3)C2)c1. The predicted molar refractivity (Wildman–Crippen MR) is 84.9 cm³/mol. The van der Waals surface area contributed by atoms with Crippen LogP contribution in [0.15, 0.2) is 24.3 Å². The van der Waals surface area contributed by atoms with Gasteiger partial charge < -0.3 is 5.73 Å². The van der Waals surface area contributed by atoms with Gasteiger partial charge >= 0.3 is 0 Å². The summed E-state index contributed by atoms with van der Waals surface area (Å²) in [5.74, 6) is 1.53. The Bertz CT molecular complexity index is 452. The molecule has 0 spiro atoms. The van der Waals surface area contributed by atoms with Gasteiger partial charge in [-0.15, -0.1) is 0 Å². The molecule has 0 amide bonds. The molecule has 3 rings (SSSR count). The Kier molecular flexibility index (Phi) is 4.13. The van der Waals surface area contributed by atoms with Gasteiger partial charge in [-0.05, 0) is 50.5 Å². The Morgan fingerprint density at radius 3 is 2.70 bits per heavy atom. The molecule has 2 fully saturated rings. The number of nitrogens with zero attached hydrogens (tertiary/aromatic N) is 1. The van der Waals surface area contributed by atoms with E-state index >= 15 is 0 Å². The maximum absolute atomic E-state index is 6.35. The minimum Gasteiger partial charge on any atom is -0.327 e. The van der Waals surface area contributed by atoms with Crippen LogP contribution in [0, 0.1) is 12.8 Å². The minimum atomic E-state index is 0.330. The van der Waals surface area contributed by atoms with Gasteiger partial charge in [0.05, 0.1) is 0 Å². The van der Waals surface area contributed by atoms with Crippen LogP contribution in [0.4, 0.5) is 0 Å². The Hall–Kier alpha value is -0.860. The summed E-state index contributed by atoms with van der Waals surface area (Å²) in [5.41, 5.74) is 9.19. The number of benzene rings is 1. The molecule has 1 aromatic carbocycles. The van der Waals surface area contributed by atoms with Crippen LogP contribution < -0.4 is 5.73 Å². The zero-order chi connectivity index (χ0) is 14.1. The van der Waals surface area contributed by atoms with Crippen LogP contribution in [-0.2, 0) is 0 Å². The van der Waals surface area contributed by atoms with Crippen molar-refractivity contribution < 1.29 is 0 Å². The maximum Gasteiger partial charge on any atom is 0.0174 e. The number of piperidine rings is 1. The summed E-state index contributed by atoms with van der Waals surface area (Å²) >= 11 is 0. The third-order valence-corrected chi connectivity index (χ3v) is 5.43. The minimum absolute atomic E-state index is 0.330. The quantitative estimate of drug-likeness (QED) is 0.915. The molecule has 2 aliphatic rings. The van der Waals surface area contributed by atoms with E-state index in [4.69, 9.17) is 5.73 Å². The summed E-state index contributed by atoms with van der Waals surface area (Å²) in [4.78, 5) is 2.66. The van der Waals surface area contributed by atoms with Crippen molar-refractivity contribution in [2.75, 3.05) is 13.1 Å². The Balaban J connectivity index is 1.72. The van der Waals surface area contributed by atoms with E-state index in [1.54, 1.807) is 0 Å². The lowest BCUT2D eigenvalue weighted by Gasteiger charge is -2.45. The second kappa shape index (κ2) is 5.87. The number of hydrogen-bond acceptors (Lipinski definition) is 2. The zero-order valence-electron chi connectivity index (χ0n) is 12.9. The van der Waals surface area contributed by atoms with Gasteiger partial charge in [0.2, 0.25) is 0 Å². The van der Waals surface area contributed by atoms with Gasteiger partial charge in [-0.3, -0.25) is 4.90 Å². The molecule has 2 nitrogen and oxygen atoms in total. The normalized spacial score (nSPS) is 29.9. The third-order valence-electron chi connectivity index (χ3n) is 5.43. The lowest BCUT2D eigenvalue weighted by atomic mass is 9.78. The molecule has 3 unspecified atom stereocenters. The van der Waals surface area contributed by atoms with Gasteiger partial charge in [0.25, 0.3) is 0 Å². The fraction of sp³-hybridized carbons (Fsp3) is 0.667. The van der Waals surface area contributed by atoms with E-state index in [2.05, 4.69) is 43.0 Å². The van der Waals surface area contributed by atoms with E-state index in [9.17, 15) is 0 Å². The molecule has 1 aliphatic heterocycles. The number of likely N-dealkylation sites (tertiary alicyclic amines) is 1. The van der Waals surface area contributed by atoms with Crippen LogP contribution >= 0.6 is 0 Å². The summed E-state index contributed by atoms with van der Waals surface area (Å²) in [6.07, 6.45) is 5.40. The molecule has 1 heterocycles. The molecule has 3 atom stereocenters. The van der Waals surface area contributed by atoms with Gasteiger partial charge in [0.15, 0.2) is 0 Å². The lowest BCUT2D eigenvalue weighted by Crippen LogP contribution is -2.52. The topological polar surface area (TPSA) is 29.3 Å². The van der Waals surface area contributed by atoms with Crippen molar-refractivity contribution in [3.8, 4) is 0 Å². The molecule has 0 radical (unpaired) electrons. The van der Waals surface area contributed by atoms with Crippen LogP contribution in [0.25, 0.3) is 0 Å². The zero-order valence-corrected chi connectivity index (χ0v) is 12.9. The average Bonchev–Trinajstić information content (AvgIpc) is 2.36. The first-order valence-corrected chi connectivity index (χ1v) is 8.19. The van der Waals surface area contributed by atoms with E-state index < -0.39 is 0 Å². The molecule has 1 saturated carbocycles. The van der Waals surface area contributed by atoms with Gasteiger partial charge in [0.1, 0.15) is 0 Å². The summed E-state index contributed by atoms with van der Waals surface area (Å²) < 4.78 is 0. The summed E-state index contributed by atoms with van der Waals surface area (Å²) in [5, 5.41) is 0. The highest BCUT2D eigenvalue weighted by Crippen LogP contribution is 2.35. The number of hydrogen-bond donors (Lipinski definition) is 1. The van der Waals surface area contributed by atoms with Crippen molar-refractivity contribution >= 4 is 0 Å². The van der Waals surface area contributed by atoms with E-state index in [-0.39, 0.29) is 0 Å². The molecule has 2 heteroatoms. The second-order valence-electron chi connectivity index (χ2n) is 6.99. The molecule has 20 heavy (non-hydrogen) atoms. The first-order valence-electron chi connectivity index (χ1n) is 8.19. The molecule has 1 aliphatic carbocycles. The van der Waals surface area contributed by atoms with Crippen molar-refractivity contribution in [3.63, 3.8) is 0 Å². The van der Waals surface area contributed by atoms with Crippen molar-refractivity contribution in [3.05, 3.63) is 35.4 Å².